The summed E-state index contributed by atoms with van der Waals surface area (Å²) in [5, 5.41) is 7.12. The van der Waals surface area contributed by atoms with Crippen molar-refractivity contribution in [1.82, 2.24) is 0 Å². The maximum Gasteiger partial charge on any atom is 0.353 e. The van der Waals surface area contributed by atoms with Gasteiger partial charge in [-0.25, -0.2) is 4.79 Å². The normalized spacial score (nSPS) is 12.3. The van der Waals surface area contributed by atoms with Crippen LogP contribution >= 0.6 is 0 Å². The Hall–Kier alpha value is -0.940. The van der Waals surface area contributed by atoms with Crippen molar-refractivity contribution in [2.75, 3.05) is 20.8 Å². The summed E-state index contributed by atoms with van der Waals surface area (Å²) in [6.45, 7) is 0.147. The molecule has 0 aromatic heterocycles. The van der Waals surface area contributed by atoms with Crippen molar-refractivity contribution in [3.8, 4) is 0 Å². The van der Waals surface area contributed by atoms with Gasteiger partial charge in [-0.05, 0) is 0 Å². The molecular weight excluding hydrogens is 148 g/mol. The Kier molecular flexibility index (Phi) is 4.40. The lowest BCUT2D eigenvalue weighted by Crippen LogP contribution is -2.39. The summed E-state index contributed by atoms with van der Waals surface area (Å²) in [5.41, 5.74) is 5.08. The Bertz CT molecular complexity index is 158. The van der Waals surface area contributed by atoms with Crippen molar-refractivity contribution in [2.45, 2.75) is 6.04 Å². The Morgan fingerprint density at radius 2 is 2.18 bits per heavy atom. The van der Waals surface area contributed by atoms with Crippen LogP contribution < -0.4 is 5.73 Å². The van der Waals surface area contributed by atoms with E-state index in [-0.39, 0.29) is 12.3 Å². The van der Waals surface area contributed by atoms with Crippen molar-refractivity contribution in [2.24, 2.45) is 5.73 Å². The quantitative estimate of drug-likeness (QED) is 0.414. The van der Waals surface area contributed by atoms with Gasteiger partial charge in [0, 0.05) is 7.11 Å². The molecule has 0 radical (unpaired) electrons. The lowest BCUT2D eigenvalue weighted by molar-refractivity contribution is -0.133. The van der Waals surface area contributed by atoms with Gasteiger partial charge in [-0.3, -0.25) is 5.41 Å². The maximum absolute atomic E-state index is 10.6. The minimum absolute atomic E-state index is 0.147. The van der Waals surface area contributed by atoms with Crippen LogP contribution in [0.3, 0.4) is 0 Å². The molecule has 11 heavy (non-hydrogen) atoms. The summed E-state index contributed by atoms with van der Waals surface area (Å²) in [6.07, 6.45) is 0. The predicted molar refractivity (Wildman–Crippen MR) is 39.6 cm³/mol. The zero-order chi connectivity index (χ0) is 8.85. The second kappa shape index (κ2) is 4.81. The third kappa shape index (κ3) is 3.10. The van der Waals surface area contributed by atoms with Crippen LogP contribution in [-0.4, -0.2) is 38.5 Å². The van der Waals surface area contributed by atoms with Gasteiger partial charge in [-0.15, -0.1) is 0 Å². The number of rotatable bonds is 4. The van der Waals surface area contributed by atoms with Crippen molar-refractivity contribution in [3.05, 3.63) is 0 Å². The van der Waals surface area contributed by atoms with E-state index in [0.29, 0.717) is 0 Å². The molecule has 0 amide bonds. The van der Waals surface area contributed by atoms with Crippen LogP contribution in [0.25, 0.3) is 0 Å². The smallest absolute Gasteiger partial charge is 0.353 e. The molecule has 0 aliphatic heterocycles. The third-order valence-corrected chi connectivity index (χ3v) is 1.12. The molecule has 1 unspecified atom stereocenters. The van der Waals surface area contributed by atoms with Gasteiger partial charge in [0.05, 0.1) is 19.8 Å². The molecule has 0 aliphatic rings. The molecule has 3 N–H and O–H groups in total. The molecule has 0 rings (SSSR count). The first-order valence-electron chi connectivity index (χ1n) is 3.04. The Balaban J connectivity index is 3.91. The van der Waals surface area contributed by atoms with Crippen molar-refractivity contribution < 1.29 is 14.3 Å². The Morgan fingerprint density at radius 1 is 1.64 bits per heavy atom. The van der Waals surface area contributed by atoms with Crippen molar-refractivity contribution in [1.29, 1.82) is 5.41 Å². The van der Waals surface area contributed by atoms with E-state index in [1.165, 1.54) is 14.2 Å². The minimum Gasteiger partial charge on any atom is -0.465 e. The number of nitrogens with one attached hydrogen (secondary N) is 1. The minimum atomic E-state index is -0.713. The largest absolute Gasteiger partial charge is 0.465 e. The number of hydrogen-bond donors (Lipinski definition) is 2. The second-order valence-corrected chi connectivity index (χ2v) is 1.97. The summed E-state index contributed by atoms with van der Waals surface area (Å²) in [5.74, 6) is -0.713. The SMILES string of the molecule is COCC(N)C(=N)C(=O)OC. The number of hydrogen-bond acceptors (Lipinski definition) is 5. The van der Waals surface area contributed by atoms with E-state index >= 15 is 0 Å². The van der Waals surface area contributed by atoms with Crippen LogP contribution in [-0.2, 0) is 14.3 Å². The zero-order valence-corrected chi connectivity index (χ0v) is 6.59. The van der Waals surface area contributed by atoms with Gasteiger partial charge in [-0.2, -0.15) is 0 Å². The number of methoxy groups -OCH3 is 2. The topological polar surface area (TPSA) is 85.4 Å². The van der Waals surface area contributed by atoms with Crippen molar-refractivity contribution >= 4 is 11.7 Å². The first kappa shape index (κ1) is 10.1. The van der Waals surface area contributed by atoms with Gasteiger partial charge < -0.3 is 15.2 Å². The fourth-order valence-electron chi connectivity index (χ4n) is 0.524. The maximum atomic E-state index is 10.6. The van der Waals surface area contributed by atoms with Gasteiger partial charge >= 0.3 is 5.97 Å². The van der Waals surface area contributed by atoms with Crippen LogP contribution in [0.5, 0.6) is 0 Å². The summed E-state index contributed by atoms with van der Waals surface area (Å²) in [6, 6.07) is -0.701. The number of ether oxygens (including phenoxy) is 2. The van der Waals surface area contributed by atoms with Crippen molar-refractivity contribution in [3.63, 3.8) is 0 Å². The van der Waals surface area contributed by atoms with Gasteiger partial charge in [0.1, 0.15) is 5.71 Å². The van der Waals surface area contributed by atoms with Crippen LogP contribution in [0, 0.1) is 5.41 Å². The zero-order valence-electron chi connectivity index (χ0n) is 6.59. The van der Waals surface area contributed by atoms with Crippen LogP contribution in [0.2, 0.25) is 0 Å². The molecular formula is C6H12N2O3. The molecule has 5 nitrogen and oxygen atoms in total. The van der Waals surface area contributed by atoms with E-state index in [9.17, 15) is 4.79 Å². The monoisotopic (exact) mass is 160 g/mol. The van der Waals surface area contributed by atoms with E-state index < -0.39 is 12.0 Å². The highest BCUT2D eigenvalue weighted by molar-refractivity contribution is 6.37. The molecule has 0 spiro atoms. The van der Waals surface area contributed by atoms with E-state index in [2.05, 4.69) is 9.47 Å². The number of carbonyl (C=O) groups excluding carboxylic acids is 1. The molecule has 0 aliphatic carbocycles. The molecule has 64 valence electrons. The molecule has 5 heteroatoms. The summed E-state index contributed by atoms with van der Waals surface area (Å²) < 4.78 is 8.93. The highest BCUT2D eigenvalue weighted by atomic mass is 16.5. The molecule has 0 heterocycles. The molecule has 0 aromatic carbocycles. The van der Waals surface area contributed by atoms with E-state index in [4.69, 9.17) is 11.1 Å². The van der Waals surface area contributed by atoms with Crippen LogP contribution in [0.4, 0.5) is 0 Å². The van der Waals surface area contributed by atoms with Crippen LogP contribution in [0.15, 0.2) is 0 Å². The Labute approximate surface area is 65.0 Å². The molecule has 0 aromatic rings. The average molecular weight is 160 g/mol. The highest BCUT2D eigenvalue weighted by Gasteiger charge is 2.17. The number of nitrogens with two attached hydrogens (primary N) is 1. The standard InChI is InChI=1S/C6H12N2O3/c1-10-3-4(7)5(8)6(9)11-2/h4,8H,3,7H2,1-2H3. The number of carbonyl (C=O) groups is 1. The van der Waals surface area contributed by atoms with Gasteiger partial charge in [0.2, 0.25) is 0 Å². The predicted octanol–water partition coefficient (Wildman–Crippen LogP) is -0.847. The number of esters is 1. The summed E-state index contributed by atoms with van der Waals surface area (Å²) in [7, 11) is 2.65. The first-order valence-corrected chi connectivity index (χ1v) is 3.04. The van der Waals surface area contributed by atoms with Crippen LogP contribution in [0.1, 0.15) is 0 Å². The first-order chi connectivity index (χ1) is 5.13. The van der Waals surface area contributed by atoms with E-state index in [1.54, 1.807) is 0 Å². The fraction of sp³-hybridized carbons (Fsp3) is 0.667. The molecule has 0 fully saturated rings. The second-order valence-electron chi connectivity index (χ2n) is 1.97. The summed E-state index contributed by atoms with van der Waals surface area (Å²) >= 11 is 0. The average Bonchev–Trinajstić information content (AvgIpc) is 2.02. The van der Waals surface area contributed by atoms with Gasteiger partial charge in [-0.1, -0.05) is 0 Å². The molecule has 1 atom stereocenters. The summed E-state index contributed by atoms with van der Waals surface area (Å²) in [4.78, 5) is 10.6. The third-order valence-electron chi connectivity index (χ3n) is 1.12. The van der Waals surface area contributed by atoms with E-state index in [1.807, 2.05) is 0 Å². The lowest BCUT2D eigenvalue weighted by Gasteiger charge is -2.08. The van der Waals surface area contributed by atoms with Gasteiger partial charge in [0.15, 0.2) is 0 Å². The van der Waals surface area contributed by atoms with E-state index in [0.717, 1.165) is 0 Å². The lowest BCUT2D eigenvalue weighted by atomic mass is 10.2. The molecule has 0 bridgehead atoms. The molecule has 0 saturated heterocycles. The fourth-order valence-corrected chi connectivity index (χ4v) is 0.524. The Morgan fingerprint density at radius 3 is 2.55 bits per heavy atom. The highest BCUT2D eigenvalue weighted by Crippen LogP contribution is 1.86. The molecule has 0 saturated carbocycles. The van der Waals surface area contributed by atoms with Gasteiger partial charge in [0.25, 0.3) is 0 Å².